The molecule has 1 saturated heterocycles. The van der Waals surface area contributed by atoms with Gasteiger partial charge in [0.2, 0.25) is 0 Å². The monoisotopic (exact) mass is 406 g/mol. The average molecular weight is 407 g/mol. The number of nitrogens with zero attached hydrogens (tertiary/aromatic N) is 4. The molecule has 0 unspecified atom stereocenters. The van der Waals surface area contributed by atoms with E-state index in [2.05, 4.69) is 23.7 Å². The molecule has 9 heteroatoms. The lowest BCUT2D eigenvalue weighted by Gasteiger charge is -2.36. The lowest BCUT2D eigenvalue weighted by atomic mass is 10.1. The minimum Gasteiger partial charge on any atom is -0.336 e. The molecule has 1 aliphatic heterocycles. The largest absolute Gasteiger partial charge is 0.336 e. The highest BCUT2D eigenvalue weighted by molar-refractivity contribution is 8.01. The molecular formula is C18H22N4O3S2. The molecule has 0 atom stereocenters. The normalized spacial score (nSPS) is 15.3. The number of piperazine rings is 1. The zero-order valence-corrected chi connectivity index (χ0v) is 17.2. The zero-order chi connectivity index (χ0) is 19.6. The summed E-state index contributed by atoms with van der Waals surface area (Å²) in [6.07, 6.45) is 0. The Bertz CT molecular complexity index is 845. The van der Waals surface area contributed by atoms with Gasteiger partial charge < -0.3 is 4.90 Å². The number of nitro groups is 1. The highest BCUT2D eigenvalue weighted by Gasteiger charge is 2.25. The standard InChI is InChI=1S/C18H22N4O3S2/c1-12(2)20-6-8-21(9-7-20)17(23)14-4-5-16(15(10-14)22(24)25)27-18-19-13(3)11-26-18/h4-5,10-12H,6-9H2,1-3H3. The minimum atomic E-state index is -0.434. The van der Waals surface area contributed by atoms with Crippen LogP contribution in [0, 0.1) is 17.0 Å². The highest BCUT2D eigenvalue weighted by atomic mass is 32.2. The van der Waals surface area contributed by atoms with E-state index < -0.39 is 4.92 Å². The van der Waals surface area contributed by atoms with E-state index in [0.717, 1.165) is 23.1 Å². The van der Waals surface area contributed by atoms with E-state index >= 15 is 0 Å². The van der Waals surface area contributed by atoms with Crippen LogP contribution in [0.4, 0.5) is 5.69 Å². The fourth-order valence-corrected chi connectivity index (χ4v) is 4.86. The second-order valence-electron chi connectivity index (χ2n) is 6.72. The summed E-state index contributed by atoms with van der Waals surface area (Å²) in [5.74, 6) is -0.150. The number of hydrogen-bond acceptors (Lipinski definition) is 7. The molecule has 144 valence electrons. The molecular weight excluding hydrogens is 384 g/mol. The van der Waals surface area contributed by atoms with Gasteiger partial charge in [-0.1, -0.05) is 11.8 Å². The van der Waals surface area contributed by atoms with Crippen molar-refractivity contribution >= 4 is 34.7 Å². The summed E-state index contributed by atoms with van der Waals surface area (Å²) in [5.41, 5.74) is 1.19. The number of nitro benzene ring substituents is 1. The number of rotatable bonds is 5. The van der Waals surface area contributed by atoms with Crippen LogP contribution in [0.5, 0.6) is 0 Å². The summed E-state index contributed by atoms with van der Waals surface area (Å²) in [5, 5.41) is 13.4. The van der Waals surface area contributed by atoms with Gasteiger partial charge in [0.15, 0.2) is 4.34 Å². The fourth-order valence-electron chi connectivity index (χ4n) is 2.98. The summed E-state index contributed by atoms with van der Waals surface area (Å²) in [4.78, 5) is 32.8. The number of aromatic nitrogens is 1. The first-order chi connectivity index (χ1) is 12.8. The Morgan fingerprint density at radius 1 is 1.30 bits per heavy atom. The Labute approximate surface area is 166 Å². The van der Waals surface area contributed by atoms with Gasteiger partial charge in [-0.05, 0) is 32.9 Å². The van der Waals surface area contributed by atoms with E-state index in [1.165, 1.54) is 29.2 Å². The summed E-state index contributed by atoms with van der Waals surface area (Å²) in [6.45, 7) is 9.09. The first-order valence-electron chi connectivity index (χ1n) is 8.77. The molecule has 2 heterocycles. The Kier molecular flexibility index (Phi) is 6.13. The third-order valence-electron chi connectivity index (χ3n) is 4.53. The van der Waals surface area contributed by atoms with Gasteiger partial charge in [-0.3, -0.25) is 19.8 Å². The molecule has 0 N–H and O–H groups in total. The van der Waals surface area contributed by atoms with Crippen LogP contribution >= 0.6 is 23.1 Å². The van der Waals surface area contributed by atoms with Gasteiger partial charge in [-0.2, -0.15) is 0 Å². The smallest absolute Gasteiger partial charge is 0.284 e. The van der Waals surface area contributed by atoms with Crippen molar-refractivity contribution in [2.75, 3.05) is 26.2 Å². The molecule has 1 aliphatic rings. The number of aryl methyl sites for hydroxylation is 1. The summed E-state index contributed by atoms with van der Waals surface area (Å²) in [7, 11) is 0. The molecule has 0 radical (unpaired) electrons. The Morgan fingerprint density at radius 2 is 2.00 bits per heavy atom. The van der Waals surface area contributed by atoms with Crippen LogP contribution in [0.1, 0.15) is 29.9 Å². The molecule has 1 aromatic heterocycles. The summed E-state index contributed by atoms with van der Waals surface area (Å²) >= 11 is 2.71. The number of amides is 1. The van der Waals surface area contributed by atoms with Gasteiger partial charge >= 0.3 is 0 Å². The van der Waals surface area contributed by atoms with Crippen molar-refractivity contribution in [3.8, 4) is 0 Å². The molecule has 0 saturated carbocycles. The van der Waals surface area contributed by atoms with Crippen molar-refractivity contribution in [3.05, 3.63) is 45.0 Å². The van der Waals surface area contributed by atoms with Crippen molar-refractivity contribution in [2.24, 2.45) is 0 Å². The van der Waals surface area contributed by atoms with Gasteiger partial charge in [0, 0.05) is 54.9 Å². The van der Waals surface area contributed by atoms with Crippen molar-refractivity contribution < 1.29 is 9.72 Å². The average Bonchev–Trinajstić information content (AvgIpc) is 3.06. The van der Waals surface area contributed by atoms with Crippen LogP contribution in [0.2, 0.25) is 0 Å². The summed E-state index contributed by atoms with van der Waals surface area (Å²) in [6, 6.07) is 5.17. The van der Waals surface area contributed by atoms with Crippen LogP contribution in [0.3, 0.4) is 0 Å². The van der Waals surface area contributed by atoms with E-state index in [9.17, 15) is 14.9 Å². The number of hydrogen-bond donors (Lipinski definition) is 0. The van der Waals surface area contributed by atoms with E-state index in [0.29, 0.717) is 29.6 Å². The van der Waals surface area contributed by atoms with Crippen molar-refractivity contribution in [2.45, 2.75) is 36.0 Å². The van der Waals surface area contributed by atoms with E-state index in [1.807, 2.05) is 12.3 Å². The Hall–Kier alpha value is -1.97. The van der Waals surface area contributed by atoms with Gasteiger partial charge in [0.1, 0.15) is 0 Å². The fraction of sp³-hybridized carbons (Fsp3) is 0.444. The zero-order valence-electron chi connectivity index (χ0n) is 15.5. The van der Waals surface area contributed by atoms with E-state index in [4.69, 9.17) is 0 Å². The predicted octanol–water partition coefficient (Wildman–Crippen LogP) is 3.68. The molecule has 0 spiro atoms. The van der Waals surface area contributed by atoms with Crippen LogP contribution < -0.4 is 0 Å². The van der Waals surface area contributed by atoms with Gasteiger partial charge in [0.25, 0.3) is 11.6 Å². The number of carbonyl (C=O) groups excluding carboxylic acids is 1. The topological polar surface area (TPSA) is 79.6 Å². The molecule has 0 aliphatic carbocycles. The number of carbonyl (C=O) groups is 1. The SMILES string of the molecule is Cc1csc(Sc2ccc(C(=O)N3CCN(C(C)C)CC3)cc2[N+](=O)[O-])n1. The maximum atomic E-state index is 12.8. The number of benzene rings is 1. The third-order valence-corrected chi connectivity index (χ3v) is 6.65. The second-order valence-corrected chi connectivity index (χ2v) is 8.87. The first kappa shape index (κ1) is 19.8. The van der Waals surface area contributed by atoms with Crippen LogP contribution in [-0.2, 0) is 0 Å². The second kappa shape index (κ2) is 8.37. The van der Waals surface area contributed by atoms with Gasteiger partial charge in [-0.25, -0.2) is 4.98 Å². The quantitative estimate of drug-likeness (QED) is 0.557. The van der Waals surface area contributed by atoms with Gasteiger partial charge in [-0.15, -0.1) is 11.3 Å². The van der Waals surface area contributed by atoms with Crippen molar-refractivity contribution in [3.63, 3.8) is 0 Å². The van der Waals surface area contributed by atoms with Crippen LogP contribution in [-0.4, -0.2) is 57.8 Å². The van der Waals surface area contributed by atoms with Crippen LogP contribution in [0.25, 0.3) is 0 Å². The van der Waals surface area contributed by atoms with E-state index in [1.54, 1.807) is 17.0 Å². The van der Waals surface area contributed by atoms with Gasteiger partial charge in [0.05, 0.1) is 9.82 Å². The van der Waals surface area contributed by atoms with Crippen LogP contribution in [0.15, 0.2) is 32.8 Å². The molecule has 27 heavy (non-hydrogen) atoms. The molecule has 7 nitrogen and oxygen atoms in total. The van der Waals surface area contributed by atoms with Crippen molar-refractivity contribution in [1.82, 2.24) is 14.8 Å². The number of thiazole rings is 1. The maximum Gasteiger partial charge on any atom is 0.284 e. The first-order valence-corrected chi connectivity index (χ1v) is 10.5. The molecule has 1 fully saturated rings. The minimum absolute atomic E-state index is 0.0560. The lowest BCUT2D eigenvalue weighted by molar-refractivity contribution is -0.387. The van der Waals surface area contributed by atoms with Crippen molar-refractivity contribution in [1.29, 1.82) is 0 Å². The summed E-state index contributed by atoms with van der Waals surface area (Å²) < 4.78 is 0.750. The lowest BCUT2D eigenvalue weighted by Crippen LogP contribution is -2.50. The highest BCUT2D eigenvalue weighted by Crippen LogP contribution is 2.37. The molecule has 1 aromatic carbocycles. The molecule has 3 rings (SSSR count). The predicted molar refractivity (Wildman–Crippen MR) is 107 cm³/mol. The molecule has 0 bridgehead atoms. The Balaban J connectivity index is 1.77. The molecule has 1 amide bonds. The Morgan fingerprint density at radius 3 is 2.56 bits per heavy atom. The third kappa shape index (κ3) is 4.66. The molecule has 2 aromatic rings. The van der Waals surface area contributed by atoms with E-state index in [-0.39, 0.29) is 11.6 Å². The maximum absolute atomic E-state index is 12.8.